The molecular formula is C23H22N2O5S. The third-order valence-corrected chi connectivity index (χ3v) is 6.37. The number of hydrogen-bond donors (Lipinski definition) is 1. The van der Waals surface area contributed by atoms with Crippen LogP contribution >= 0.6 is 0 Å². The molecule has 1 amide bonds. The van der Waals surface area contributed by atoms with Crippen LogP contribution in [0.1, 0.15) is 42.8 Å². The Kier molecular flexibility index (Phi) is 5.18. The normalized spacial score (nSPS) is 12.2. The van der Waals surface area contributed by atoms with E-state index in [1.165, 1.54) is 24.5 Å². The molecule has 0 aliphatic heterocycles. The lowest BCUT2D eigenvalue weighted by atomic mass is 9.97. The van der Waals surface area contributed by atoms with Crippen LogP contribution in [0.25, 0.3) is 11.1 Å². The van der Waals surface area contributed by atoms with Crippen molar-refractivity contribution in [3.63, 3.8) is 0 Å². The maximum absolute atomic E-state index is 12.8. The number of furan rings is 1. The van der Waals surface area contributed by atoms with Gasteiger partial charge < -0.3 is 14.2 Å². The van der Waals surface area contributed by atoms with Crippen LogP contribution in [-0.2, 0) is 21.0 Å². The van der Waals surface area contributed by atoms with Crippen molar-refractivity contribution >= 4 is 32.5 Å². The van der Waals surface area contributed by atoms with Crippen molar-refractivity contribution in [1.29, 1.82) is 0 Å². The SMILES string of the molecule is CC(C)(C)c1nc2cc(NC(=O)c3occc3CS(=O)(=O)c3ccccc3)ccc2o1. The lowest BCUT2D eigenvalue weighted by molar-refractivity contribution is 0.0996. The van der Waals surface area contributed by atoms with Gasteiger partial charge in [-0.05, 0) is 36.4 Å². The molecule has 0 spiro atoms. The van der Waals surface area contributed by atoms with Gasteiger partial charge in [0.15, 0.2) is 21.2 Å². The van der Waals surface area contributed by atoms with Gasteiger partial charge in [-0.3, -0.25) is 4.79 Å². The Morgan fingerprint density at radius 2 is 1.81 bits per heavy atom. The minimum Gasteiger partial charge on any atom is -0.459 e. The van der Waals surface area contributed by atoms with E-state index >= 15 is 0 Å². The smallest absolute Gasteiger partial charge is 0.291 e. The summed E-state index contributed by atoms with van der Waals surface area (Å²) in [6.07, 6.45) is 1.31. The van der Waals surface area contributed by atoms with Gasteiger partial charge in [-0.25, -0.2) is 13.4 Å². The molecular weight excluding hydrogens is 416 g/mol. The zero-order chi connectivity index (χ0) is 22.2. The zero-order valence-electron chi connectivity index (χ0n) is 17.4. The van der Waals surface area contributed by atoms with Gasteiger partial charge in [0, 0.05) is 16.7 Å². The molecule has 2 aromatic heterocycles. The average Bonchev–Trinajstić information content (AvgIpc) is 3.34. The highest BCUT2D eigenvalue weighted by Crippen LogP contribution is 2.28. The van der Waals surface area contributed by atoms with Crippen LogP contribution in [0, 0.1) is 0 Å². The molecule has 160 valence electrons. The number of sulfone groups is 1. The maximum atomic E-state index is 12.8. The van der Waals surface area contributed by atoms with Gasteiger partial charge >= 0.3 is 0 Å². The second-order valence-corrected chi connectivity index (χ2v) is 10.2. The van der Waals surface area contributed by atoms with Gasteiger partial charge in [-0.15, -0.1) is 0 Å². The molecule has 0 aliphatic rings. The Labute approximate surface area is 180 Å². The van der Waals surface area contributed by atoms with Crippen molar-refractivity contribution in [2.45, 2.75) is 36.8 Å². The van der Waals surface area contributed by atoms with Gasteiger partial charge in [-0.2, -0.15) is 0 Å². The first-order chi connectivity index (χ1) is 14.6. The number of fused-ring (bicyclic) bond motifs is 1. The average molecular weight is 439 g/mol. The Hall–Kier alpha value is -3.39. The van der Waals surface area contributed by atoms with Crippen molar-refractivity contribution in [3.05, 3.63) is 78.1 Å². The molecule has 0 atom stereocenters. The quantitative estimate of drug-likeness (QED) is 0.473. The minimum atomic E-state index is -3.61. The van der Waals surface area contributed by atoms with E-state index in [2.05, 4.69) is 10.3 Å². The molecule has 0 radical (unpaired) electrons. The van der Waals surface area contributed by atoms with E-state index in [-0.39, 0.29) is 21.8 Å². The first kappa shape index (κ1) is 20.9. The van der Waals surface area contributed by atoms with Crippen LogP contribution in [0.5, 0.6) is 0 Å². The van der Waals surface area contributed by atoms with E-state index in [9.17, 15) is 13.2 Å². The van der Waals surface area contributed by atoms with E-state index in [4.69, 9.17) is 8.83 Å². The standard InChI is InChI=1S/C23H22N2O5S/c1-23(2,3)22-25-18-13-16(9-10-19(18)30-22)24-21(26)20-15(11-12-29-20)14-31(27,28)17-7-5-4-6-8-17/h4-13H,14H2,1-3H3,(H,24,26). The van der Waals surface area contributed by atoms with Crippen LogP contribution in [0.15, 0.2) is 74.6 Å². The molecule has 8 heteroatoms. The third kappa shape index (κ3) is 4.39. The summed E-state index contributed by atoms with van der Waals surface area (Å²) in [5.41, 5.74) is 1.79. The summed E-state index contributed by atoms with van der Waals surface area (Å²) in [4.78, 5) is 17.5. The first-order valence-corrected chi connectivity index (χ1v) is 11.4. The highest BCUT2D eigenvalue weighted by Gasteiger charge is 2.24. The van der Waals surface area contributed by atoms with Crippen LogP contribution in [0.3, 0.4) is 0 Å². The molecule has 0 aliphatic carbocycles. The summed E-state index contributed by atoms with van der Waals surface area (Å²) < 4.78 is 36.4. The predicted octanol–water partition coefficient (Wildman–Crippen LogP) is 4.94. The summed E-state index contributed by atoms with van der Waals surface area (Å²) >= 11 is 0. The highest BCUT2D eigenvalue weighted by molar-refractivity contribution is 7.90. The van der Waals surface area contributed by atoms with Crippen LogP contribution in [0.4, 0.5) is 5.69 Å². The molecule has 2 heterocycles. The van der Waals surface area contributed by atoms with Crippen LogP contribution < -0.4 is 5.32 Å². The van der Waals surface area contributed by atoms with E-state index in [1.807, 2.05) is 20.8 Å². The maximum Gasteiger partial charge on any atom is 0.291 e. The van der Waals surface area contributed by atoms with Crippen molar-refractivity contribution in [2.75, 3.05) is 5.32 Å². The summed E-state index contributed by atoms with van der Waals surface area (Å²) in [5.74, 6) is -0.323. The van der Waals surface area contributed by atoms with Crippen molar-refractivity contribution in [2.24, 2.45) is 0 Å². The minimum absolute atomic E-state index is 0.0462. The molecule has 0 bridgehead atoms. The Morgan fingerprint density at radius 3 is 2.52 bits per heavy atom. The second-order valence-electron chi connectivity index (χ2n) is 8.25. The molecule has 0 unspecified atom stereocenters. The number of benzene rings is 2. The number of nitrogens with one attached hydrogen (secondary N) is 1. The molecule has 0 saturated heterocycles. The summed E-state index contributed by atoms with van der Waals surface area (Å²) in [6, 6.07) is 14.7. The molecule has 7 nitrogen and oxygen atoms in total. The number of rotatable bonds is 5. The number of nitrogens with zero attached hydrogens (tertiary/aromatic N) is 1. The first-order valence-electron chi connectivity index (χ1n) is 9.70. The van der Waals surface area contributed by atoms with Gasteiger partial charge in [0.25, 0.3) is 5.91 Å². The predicted molar refractivity (Wildman–Crippen MR) is 117 cm³/mol. The van der Waals surface area contributed by atoms with Crippen molar-refractivity contribution in [3.8, 4) is 0 Å². The van der Waals surface area contributed by atoms with E-state index < -0.39 is 15.7 Å². The monoisotopic (exact) mass is 438 g/mol. The molecule has 4 aromatic rings. The van der Waals surface area contributed by atoms with Crippen LogP contribution in [0.2, 0.25) is 0 Å². The van der Waals surface area contributed by atoms with Gasteiger partial charge in [0.2, 0.25) is 5.89 Å². The van der Waals surface area contributed by atoms with Crippen molar-refractivity contribution < 1.29 is 22.0 Å². The lowest BCUT2D eigenvalue weighted by Gasteiger charge is -2.11. The topological polar surface area (TPSA) is 102 Å². The number of oxazole rings is 1. The molecule has 4 rings (SSSR count). The zero-order valence-corrected chi connectivity index (χ0v) is 18.2. The number of aromatic nitrogens is 1. The van der Waals surface area contributed by atoms with Gasteiger partial charge in [-0.1, -0.05) is 39.0 Å². The van der Waals surface area contributed by atoms with E-state index in [0.29, 0.717) is 28.2 Å². The fourth-order valence-electron chi connectivity index (χ4n) is 3.08. The largest absolute Gasteiger partial charge is 0.459 e. The lowest BCUT2D eigenvalue weighted by Crippen LogP contribution is -2.14. The number of carbonyl (C=O) groups is 1. The molecule has 1 N–H and O–H groups in total. The Bertz CT molecular complexity index is 1350. The number of carbonyl (C=O) groups excluding carboxylic acids is 1. The van der Waals surface area contributed by atoms with Crippen molar-refractivity contribution in [1.82, 2.24) is 4.98 Å². The Morgan fingerprint density at radius 1 is 1.06 bits per heavy atom. The fourth-order valence-corrected chi connectivity index (χ4v) is 4.45. The molecule has 0 fully saturated rings. The highest BCUT2D eigenvalue weighted by atomic mass is 32.2. The number of amides is 1. The summed E-state index contributed by atoms with van der Waals surface area (Å²) in [7, 11) is -3.61. The summed E-state index contributed by atoms with van der Waals surface area (Å²) in [5, 5.41) is 2.74. The number of anilines is 1. The Balaban J connectivity index is 1.56. The van der Waals surface area contributed by atoms with Gasteiger partial charge in [0.05, 0.1) is 16.9 Å². The van der Waals surface area contributed by atoms with E-state index in [0.717, 1.165) is 0 Å². The van der Waals surface area contributed by atoms with Crippen LogP contribution in [-0.4, -0.2) is 19.3 Å². The fraction of sp³-hybridized carbons (Fsp3) is 0.217. The molecule has 0 saturated carbocycles. The van der Waals surface area contributed by atoms with E-state index in [1.54, 1.807) is 36.4 Å². The second kappa shape index (κ2) is 7.70. The molecule has 2 aromatic carbocycles. The summed E-state index contributed by atoms with van der Waals surface area (Å²) in [6.45, 7) is 6.01. The number of hydrogen-bond acceptors (Lipinski definition) is 6. The van der Waals surface area contributed by atoms with Gasteiger partial charge in [0.1, 0.15) is 5.52 Å². The molecule has 31 heavy (non-hydrogen) atoms. The third-order valence-electron chi connectivity index (χ3n) is 4.69.